The van der Waals surface area contributed by atoms with Crippen molar-refractivity contribution in [3.05, 3.63) is 35.9 Å². The fourth-order valence-electron chi connectivity index (χ4n) is 4.10. The van der Waals surface area contributed by atoms with Gasteiger partial charge in [-0.2, -0.15) is 0 Å². The number of nitrogens with zero attached hydrogens (tertiary/aromatic N) is 2. The second kappa shape index (κ2) is 9.17. The SMILES string of the molecule is CCOC(=O)C1CCN(C(=O)C2CCCN(Cc3ccccc3)C2)CC1. The quantitative estimate of drug-likeness (QED) is 0.760. The van der Waals surface area contributed by atoms with Crippen LogP contribution in [-0.4, -0.2) is 54.5 Å². The summed E-state index contributed by atoms with van der Waals surface area (Å²) < 4.78 is 5.11. The van der Waals surface area contributed by atoms with E-state index < -0.39 is 0 Å². The van der Waals surface area contributed by atoms with E-state index >= 15 is 0 Å². The number of benzene rings is 1. The second-order valence-corrected chi connectivity index (χ2v) is 7.41. The molecule has 1 aromatic carbocycles. The fraction of sp³-hybridized carbons (Fsp3) is 0.619. The number of carbonyl (C=O) groups is 2. The number of piperidine rings is 2. The Balaban J connectivity index is 1.49. The maximum Gasteiger partial charge on any atom is 0.309 e. The van der Waals surface area contributed by atoms with Crippen LogP contribution in [0.1, 0.15) is 38.2 Å². The van der Waals surface area contributed by atoms with Crippen molar-refractivity contribution in [2.45, 2.75) is 39.2 Å². The molecule has 2 fully saturated rings. The molecule has 26 heavy (non-hydrogen) atoms. The molecule has 2 heterocycles. The summed E-state index contributed by atoms with van der Waals surface area (Å²) in [7, 11) is 0. The summed E-state index contributed by atoms with van der Waals surface area (Å²) in [4.78, 5) is 29.2. The van der Waals surface area contributed by atoms with Gasteiger partial charge in [0, 0.05) is 26.2 Å². The number of likely N-dealkylation sites (tertiary alicyclic amines) is 2. The van der Waals surface area contributed by atoms with Crippen LogP contribution in [0.5, 0.6) is 0 Å². The maximum atomic E-state index is 12.9. The smallest absolute Gasteiger partial charge is 0.309 e. The average Bonchev–Trinajstić information content (AvgIpc) is 2.69. The Morgan fingerprint density at radius 2 is 1.77 bits per heavy atom. The number of amides is 1. The van der Waals surface area contributed by atoms with Gasteiger partial charge in [-0.05, 0) is 44.7 Å². The van der Waals surface area contributed by atoms with Gasteiger partial charge in [0.25, 0.3) is 0 Å². The number of ether oxygens (including phenoxy) is 1. The van der Waals surface area contributed by atoms with Crippen LogP contribution < -0.4 is 0 Å². The van der Waals surface area contributed by atoms with E-state index in [1.807, 2.05) is 17.9 Å². The normalized spacial score (nSPS) is 22.2. The zero-order valence-corrected chi connectivity index (χ0v) is 15.7. The molecule has 142 valence electrons. The highest BCUT2D eigenvalue weighted by atomic mass is 16.5. The molecule has 1 unspecified atom stereocenters. The Kier molecular flexibility index (Phi) is 6.67. The van der Waals surface area contributed by atoms with Crippen molar-refractivity contribution < 1.29 is 14.3 Å². The summed E-state index contributed by atoms with van der Waals surface area (Å²) >= 11 is 0. The molecule has 5 heteroatoms. The summed E-state index contributed by atoms with van der Waals surface area (Å²) in [5.74, 6) is 0.211. The standard InChI is InChI=1S/C21H30N2O3/c1-2-26-21(25)18-10-13-23(14-11-18)20(24)19-9-6-12-22(16-19)15-17-7-4-3-5-8-17/h3-5,7-8,18-19H,2,6,9-16H2,1H3. The van der Waals surface area contributed by atoms with Crippen LogP contribution in [0.4, 0.5) is 0 Å². The first-order chi connectivity index (χ1) is 12.7. The van der Waals surface area contributed by atoms with Crippen molar-refractivity contribution in [2.24, 2.45) is 11.8 Å². The molecule has 0 aliphatic carbocycles. The lowest BCUT2D eigenvalue weighted by Gasteiger charge is -2.37. The summed E-state index contributed by atoms with van der Waals surface area (Å²) in [6.07, 6.45) is 3.50. The molecule has 1 atom stereocenters. The number of rotatable bonds is 5. The zero-order chi connectivity index (χ0) is 18.4. The Bertz CT molecular complexity index is 597. The lowest BCUT2D eigenvalue weighted by atomic mass is 9.92. The van der Waals surface area contributed by atoms with Gasteiger partial charge in [0.1, 0.15) is 0 Å². The lowest BCUT2D eigenvalue weighted by Crippen LogP contribution is -2.47. The van der Waals surface area contributed by atoms with Gasteiger partial charge >= 0.3 is 5.97 Å². The van der Waals surface area contributed by atoms with Gasteiger partial charge in [0.15, 0.2) is 0 Å². The molecule has 2 aliphatic heterocycles. The largest absolute Gasteiger partial charge is 0.466 e. The van der Waals surface area contributed by atoms with Gasteiger partial charge in [-0.15, -0.1) is 0 Å². The van der Waals surface area contributed by atoms with Crippen LogP contribution in [-0.2, 0) is 20.9 Å². The number of carbonyl (C=O) groups excluding carboxylic acids is 2. The molecule has 3 rings (SSSR count). The Morgan fingerprint density at radius 1 is 1.04 bits per heavy atom. The summed E-state index contributed by atoms with van der Waals surface area (Å²) in [5.41, 5.74) is 1.30. The topological polar surface area (TPSA) is 49.9 Å². The third kappa shape index (κ3) is 4.85. The summed E-state index contributed by atoms with van der Waals surface area (Å²) in [6.45, 7) is 6.43. The first-order valence-corrected chi connectivity index (χ1v) is 9.89. The minimum atomic E-state index is -0.105. The van der Waals surface area contributed by atoms with E-state index in [0.717, 1.165) is 45.3 Å². The molecule has 0 radical (unpaired) electrons. The number of hydrogen-bond donors (Lipinski definition) is 0. The average molecular weight is 358 g/mol. The van der Waals surface area contributed by atoms with Crippen LogP contribution in [0.3, 0.4) is 0 Å². The van der Waals surface area contributed by atoms with Crippen LogP contribution in [0.25, 0.3) is 0 Å². The molecule has 5 nitrogen and oxygen atoms in total. The third-order valence-corrected chi connectivity index (χ3v) is 5.53. The van der Waals surface area contributed by atoms with Crippen molar-refractivity contribution >= 4 is 11.9 Å². The minimum absolute atomic E-state index is 0.0417. The fourth-order valence-corrected chi connectivity index (χ4v) is 4.10. The highest BCUT2D eigenvalue weighted by molar-refractivity contribution is 5.80. The lowest BCUT2D eigenvalue weighted by molar-refractivity contribution is -0.152. The minimum Gasteiger partial charge on any atom is -0.466 e. The van der Waals surface area contributed by atoms with Crippen molar-refractivity contribution in [1.82, 2.24) is 9.80 Å². The Morgan fingerprint density at radius 3 is 2.46 bits per heavy atom. The number of esters is 1. The van der Waals surface area contributed by atoms with E-state index in [1.165, 1.54) is 5.56 Å². The molecule has 0 N–H and O–H groups in total. The second-order valence-electron chi connectivity index (χ2n) is 7.41. The van der Waals surface area contributed by atoms with Crippen LogP contribution in [0, 0.1) is 11.8 Å². The highest BCUT2D eigenvalue weighted by Gasteiger charge is 2.33. The van der Waals surface area contributed by atoms with Gasteiger partial charge in [-0.3, -0.25) is 14.5 Å². The molecule has 0 aromatic heterocycles. The van der Waals surface area contributed by atoms with Crippen LogP contribution in [0.2, 0.25) is 0 Å². The van der Waals surface area contributed by atoms with E-state index in [2.05, 4.69) is 29.2 Å². The maximum absolute atomic E-state index is 12.9. The molecule has 1 amide bonds. The predicted octanol–water partition coefficient (Wildman–Crippen LogP) is 2.70. The van der Waals surface area contributed by atoms with E-state index in [9.17, 15) is 9.59 Å². The van der Waals surface area contributed by atoms with Gasteiger partial charge in [-0.1, -0.05) is 30.3 Å². The van der Waals surface area contributed by atoms with Gasteiger partial charge < -0.3 is 9.64 Å². The number of hydrogen-bond acceptors (Lipinski definition) is 4. The zero-order valence-electron chi connectivity index (χ0n) is 15.7. The molecule has 2 saturated heterocycles. The molecule has 0 bridgehead atoms. The highest BCUT2D eigenvalue weighted by Crippen LogP contribution is 2.24. The van der Waals surface area contributed by atoms with E-state index in [1.54, 1.807) is 0 Å². The van der Waals surface area contributed by atoms with Crippen molar-refractivity contribution in [3.63, 3.8) is 0 Å². The van der Waals surface area contributed by atoms with Crippen molar-refractivity contribution in [3.8, 4) is 0 Å². The molecule has 2 aliphatic rings. The summed E-state index contributed by atoms with van der Waals surface area (Å²) in [6, 6.07) is 10.5. The molecule has 1 aromatic rings. The summed E-state index contributed by atoms with van der Waals surface area (Å²) in [5, 5.41) is 0. The predicted molar refractivity (Wildman–Crippen MR) is 100 cm³/mol. The molecular formula is C21H30N2O3. The molecule has 0 spiro atoms. The van der Waals surface area contributed by atoms with Crippen LogP contribution in [0.15, 0.2) is 30.3 Å². The van der Waals surface area contributed by atoms with E-state index in [-0.39, 0.29) is 23.7 Å². The van der Waals surface area contributed by atoms with Gasteiger partial charge in [0.05, 0.1) is 18.4 Å². The van der Waals surface area contributed by atoms with Crippen molar-refractivity contribution in [2.75, 3.05) is 32.8 Å². The van der Waals surface area contributed by atoms with Crippen LogP contribution >= 0.6 is 0 Å². The van der Waals surface area contributed by atoms with Gasteiger partial charge in [-0.25, -0.2) is 0 Å². The first-order valence-electron chi connectivity index (χ1n) is 9.89. The third-order valence-electron chi connectivity index (χ3n) is 5.53. The molecular weight excluding hydrogens is 328 g/mol. The Labute approximate surface area is 156 Å². The van der Waals surface area contributed by atoms with E-state index in [4.69, 9.17) is 4.74 Å². The van der Waals surface area contributed by atoms with Crippen molar-refractivity contribution in [1.29, 1.82) is 0 Å². The Hall–Kier alpha value is -1.88. The monoisotopic (exact) mass is 358 g/mol. The first kappa shape index (κ1) is 18.9. The molecule has 0 saturated carbocycles. The van der Waals surface area contributed by atoms with E-state index in [0.29, 0.717) is 19.7 Å². The van der Waals surface area contributed by atoms with Gasteiger partial charge in [0.2, 0.25) is 5.91 Å².